The van der Waals surface area contributed by atoms with E-state index in [1.54, 1.807) is 0 Å². The molecule has 1 aliphatic heterocycles. The number of ether oxygens (including phenoxy) is 1. The smallest absolute Gasteiger partial charge is 0.304 e. The third-order valence-corrected chi connectivity index (χ3v) is 1.89. The molecule has 76 valence electrons. The number of carboxylic acid groups (broad SMARTS) is 1. The lowest BCUT2D eigenvalue weighted by Crippen LogP contribution is -2.49. The Morgan fingerprint density at radius 3 is 2.77 bits per heavy atom. The second kappa shape index (κ2) is 5.16. The predicted octanol–water partition coefficient (Wildman–Crippen LogP) is -0.314. The van der Waals surface area contributed by atoms with E-state index < -0.39 is 5.97 Å². The molecule has 2 N–H and O–H groups in total. The number of carboxylic acids is 1. The van der Waals surface area contributed by atoms with Crippen LogP contribution in [0.3, 0.4) is 0 Å². The van der Waals surface area contributed by atoms with Gasteiger partial charge in [0.2, 0.25) is 0 Å². The third kappa shape index (κ3) is 4.21. The monoisotopic (exact) mass is 188 g/mol. The van der Waals surface area contributed by atoms with Crippen LogP contribution in [0.5, 0.6) is 0 Å². The number of hydrogen-bond donors (Lipinski definition) is 2. The summed E-state index contributed by atoms with van der Waals surface area (Å²) < 4.78 is 5.16. The van der Waals surface area contributed by atoms with E-state index in [4.69, 9.17) is 9.84 Å². The van der Waals surface area contributed by atoms with Gasteiger partial charge in [-0.1, -0.05) is 0 Å². The number of hydrogen-bond acceptors (Lipinski definition) is 4. The van der Waals surface area contributed by atoms with Crippen molar-refractivity contribution in [3.63, 3.8) is 0 Å². The van der Waals surface area contributed by atoms with Crippen molar-refractivity contribution in [3.8, 4) is 0 Å². The molecule has 1 aliphatic rings. The summed E-state index contributed by atoms with van der Waals surface area (Å²) >= 11 is 0. The first-order valence-electron chi connectivity index (χ1n) is 4.49. The molecule has 1 atom stereocenters. The second-order valence-corrected chi connectivity index (χ2v) is 3.23. The number of nitrogens with one attached hydrogen (secondary N) is 1. The molecule has 0 aromatic rings. The quantitative estimate of drug-likeness (QED) is 0.633. The molecule has 0 radical (unpaired) electrons. The van der Waals surface area contributed by atoms with Crippen LogP contribution >= 0.6 is 0 Å². The van der Waals surface area contributed by atoms with E-state index in [1.165, 1.54) is 0 Å². The van der Waals surface area contributed by atoms with Crippen LogP contribution in [0.15, 0.2) is 0 Å². The molecule has 13 heavy (non-hydrogen) atoms. The average Bonchev–Trinajstić information content (AvgIpc) is 2.04. The molecule has 0 spiro atoms. The topological polar surface area (TPSA) is 61.8 Å². The first-order valence-corrected chi connectivity index (χ1v) is 4.49. The zero-order valence-corrected chi connectivity index (χ0v) is 7.82. The lowest BCUT2D eigenvalue weighted by atomic mass is 10.2. The first-order chi connectivity index (χ1) is 6.18. The Kier molecular flexibility index (Phi) is 4.14. The molecule has 1 rings (SSSR count). The van der Waals surface area contributed by atoms with Crippen LogP contribution in [0.25, 0.3) is 0 Å². The molecule has 1 fully saturated rings. The van der Waals surface area contributed by atoms with Gasteiger partial charge in [0.15, 0.2) is 0 Å². The van der Waals surface area contributed by atoms with Crippen molar-refractivity contribution in [1.29, 1.82) is 0 Å². The van der Waals surface area contributed by atoms with Crippen LogP contribution in [0.4, 0.5) is 0 Å². The molecule has 0 aliphatic carbocycles. The Morgan fingerprint density at radius 2 is 2.23 bits per heavy atom. The highest BCUT2D eigenvalue weighted by Crippen LogP contribution is 1.97. The fourth-order valence-corrected chi connectivity index (χ4v) is 1.31. The maximum Gasteiger partial charge on any atom is 0.304 e. The predicted molar refractivity (Wildman–Crippen MR) is 47.2 cm³/mol. The average molecular weight is 188 g/mol. The number of nitrogens with zero attached hydrogens (tertiary/aromatic N) is 1. The maximum absolute atomic E-state index is 10.4. The SMILES string of the molecule is CC(CC(=O)O)NN1CCOCC1. The van der Waals surface area contributed by atoms with Crippen molar-refractivity contribution >= 4 is 5.97 Å². The Bertz CT molecular complexity index is 169. The molecule has 0 aromatic carbocycles. The molecule has 0 amide bonds. The van der Waals surface area contributed by atoms with E-state index in [9.17, 15) is 4.79 Å². The lowest BCUT2D eigenvalue weighted by molar-refractivity contribution is -0.137. The van der Waals surface area contributed by atoms with Crippen molar-refractivity contribution in [2.45, 2.75) is 19.4 Å². The summed E-state index contributed by atoms with van der Waals surface area (Å²) in [6.45, 7) is 4.94. The molecular weight excluding hydrogens is 172 g/mol. The van der Waals surface area contributed by atoms with Gasteiger partial charge in [0.1, 0.15) is 0 Å². The third-order valence-electron chi connectivity index (χ3n) is 1.89. The molecule has 1 saturated heterocycles. The van der Waals surface area contributed by atoms with Crippen LogP contribution < -0.4 is 5.43 Å². The Morgan fingerprint density at radius 1 is 1.62 bits per heavy atom. The van der Waals surface area contributed by atoms with Gasteiger partial charge >= 0.3 is 5.97 Å². The Balaban J connectivity index is 2.18. The Labute approximate surface area is 77.6 Å². The van der Waals surface area contributed by atoms with Gasteiger partial charge in [-0.2, -0.15) is 0 Å². The van der Waals surface area contributed by atoms with E-state index in [2.05, 4.69) is 5.43 Å². The van der Waals surface area contributed by atoms with Gasteiger partial charge in [-0.05, 0) is 6.92 Å². The molecule has 5 nitrogen and oxygen atoms in total. The van der Waals surface area contributed by atoms with Crippen molar-refractivity contribution in [3.05, 3.63) is 0 Å². The van der Waals surface area contributed by atoms with Crippen molar-refractivity contribution in [2.75, 3.05) is 26.3 Å². The fraction of sp³-hybridized carbons (Fsp3) is 0.875. The van der Waals surface area contributed by atoms with Crippen molar-refractivity contribution < 1.29 is 14.6 Å². The van der Waals surface area contributed by atoms with Crippen LogP contribution in [0.2, 0.25) is 0 Å². The summed E-state index contributed by atoms with van der Waals surface area (Å²) in [7, 11) is 0. The minimum atomic E-state index is -0.770. The highest BCUT2D eigenvalue weighted by molar-refractivity contribution is 5.67. The molecule has 0 saturated carbocycles. The van der Waals surface area contributed by atoms with Crippen LogP contribution in [-0.2, 0) is 9.53 Å². The Hall–Kier alpha value is -0.650. The summed E-state index contributed by atoms with van der Waals surface area (Å²) in [5, 5.41) is 10.5. The molecule has 0 bridgehead atoms. The zero-order valence-electron chi connectivity index (χ0n) is 7.82. The molecule has 0 aromatic heterocycles. The lowest BCUT2D eigenvalue weighted by Gasteiger charge is -2.29. The first kappa shape index (κ1) is 10.4. The minimum absolute atomic E-state index is 0.0180. The number of hydrazine groups is 1. The summed E-state index contributed by atoms with van der Waals surface area (Å²) in [5.41, 5.74) is 3.12. The van der Waals surface area contributed by atoms with Gasteiger partial charge in [0.25, 0.3) is 0 Å². The summed E-state index contributed by atoms with van der Waals surface area (Å²) in [6.07, 6.45) is 0.150. The highest BCUT2D eigenvalue weighted by Gasteiger charge is 2.14. The highest BCUT2D eigenvalue weighted by atomic mass is 16.5. The van der Waals surface area contributed by atoms with E-state index in [1.807, 2.05) is 11.9 Å². The van der Waals surface area contributed by atoms with Crippen LogP contribution in [-0.4, -0.2) is 48.4 Å². The van der Waals surface area contributed by atoms with Gasteiger partial charge in [0.05, 0.1) is 19.6 Å². The van der Waals surface area contributed by atoms with E-state index in [0.717, 1.165) is 13.1 Å². The van der Waals surface area contributed by atoms with Gasteiger partial charge in [-0.3, -0.25) is 10.2 Å². The zero-order chi connectivity index (χ0) is 9.68. The normalized spacial score (nSPS) is 21.3. The number of carbonyl (C=O) groups is 1. The largest absolute Gasteiger partial charge is 0.481 e. The van der Waals surface area contributed by atoms with Crippen molar-refractivity contribution in [1.82, 2.24) is 10.4 Å². The van der Waals surface area contributed by atoms with Crippen LogP contribution in [0, 0.1) is 0 Å². The van der Waals surface area contributed by atoms with Crippen LogP contribution in [0.1, 0.15) is 13.3 Å². The minimum Gasteiger partial charge on any atom is -0.481 e. The van der Waals surface area contributed by atoms with E-state index in [0.29, 0.717) is 13.2 Å². The molecule has 1 heterocycles. The van der Waals surface area contributed by atoms with E-state index >= 15 is 0 Å². The fourth-order valence-electron chi connectivity index (χ4n) is 1.31. The van der Waals surface area contributed by atoms with Gasteiger partial charge in [-0.15, -0.1) is 0 Å². The van der Waals surface area contributed by atoms with Gasteiger partial charge < -0.3 is 9.84 Å². The standard InChI is InChI=1S/C8H16N2O3/c1-7(6-8(11)12)9-10-2-4-13-5-3-10/h7,9H,2-6H2,1H3,(H,11,12). The van der Waals surface area contributed by atoms with Crippen molar-refractivity contribution in [2.24, 2.45) is 0 Å². The molecule has 5 heteroatoms. The number of morpholine rings is 1. The van der Waals surface area contributed by atoms with Gasteiger partial charge in [-0.25, -0.2) is 5.01 Å². The summed E-state index contributed by atoms with van der Waals surface area (Å²) in [6, 6.07) is -0.0180. The molecular formula is C8H16N2O3. The van der Waals surface area contributed by atoms with Gasteiger partial charge in [0, 0.05) is 19.1 Å². The number of rotatable bonds is 4. The van der Waals surface area contributed by atoms with E-state index in [-0.39, 0.29) is 12.5 Å². The second-order valence-electron chi connectivity index (χ2n) is 3.23. The maximum atomic E-state index is 10.4. The number of aliphatic carboxylic acids is 1. The molecule has 1 unspecified atom stereocenters. The summed E-state index contributed by atoms with van der Waals surface area (Å²) in [4.78, 5) is 10.4. The summed E-state index contributed by atoms with van der Waals surface area (Å²) in [5.74, 6) is -0.770.